The number of hydrogen-bond donors (Lipinski definition) is 3. The van der Waals surface area contributed by atoms with Crippen molar-refractivity contribution < 1.29 is 14.6 Å². The number of hydrogen-bond acceptors (Lipinski definition) is 5. The van der Waals surface area contributed by atoms with Gasteiger partial charge in [-0.15, -0.1) is 0 Å². The van der Waals surface area contributed by atoms with E-state index in [4.69, 9.17) is 4.74 Å². The second-order valence-corrected chi connectivity index (χ2v) is 10.3. The lowest BCUT2D eigenvalue weighted by molar-refractivity contribution is 0.0497. The Kier molecular flexibility index (Phi) is 6.90. The molecule has 7 nitrogen and oxygen atoms in total. The number of carbonyl (C=O) groups excluding carboxylic acids is 1. The first-order valence-corrected chi connectivity index (χ1v) is 12.7. The van der Waals surface area contributed by atoms with E-state index < -0.39 is 0 Å². The zero-order valence-corrected chi connectivity index (χ0v) is 19.8. The second-order valence-electron chi connectivity index (χ2n) is 10.3. The summed E-state index contributed by atoms with van der Waals surface area (Å²) in [5.74, 6) is 1.53. The van der Waals surface area contributed by atoms with Crippen molar-refractivity contribution in [3.63, 3.8) is 0 Å². The molecule has 2 aliphatic heterocycles. The summed E-state index contributed by atoms with van der Waals surface area (Å²) in [5, 5.41) is 14.0. The summed E-state index contributed by atoms with van der Waals surface area (Å²) >= 11 is 0. The SMILES string of the molecule is C[C@@H](CN1CCC(NC(=O)c2cc3c(OCC4CC4)cccc3[nH]2)CC1)N1CCC(O)CC1. The van der Waals surface area contributed by atoms with Crippen molar-refractivity contribution >= 4 is 16.8 Å². The Morgan fingerprint density at radius 3 is 2.64 bits per heavy atom. The number of nitrogens with one attached hydrogen (secondary N) is 2. The normalized spacial score (nSPS) is 22.5. The lowest BCUT2D eigenvalue weighted by atomic mass is 10.0. The molecule has 33 heavy (non-hydrogen) atoms. The van der Waals surface area contributed by atoms with Gasteiger partial charge in [-0.05, 0) is 69.6 Å². The molecule has 0 unspecified atom stereocenters. The minimum absolute atomic E-state index is 0.0296. The third-order valence-electron chi connectivity index (χ3n) is 7.61. The van der Waals surface area contributed by atoms with Crippen molar-refractivity contribution in [3.8, 4) is 5.75 Å². The summed E-state index contributed by atoms with van der Waals surface area (Å²) in [6, 6.07) is 8.62. The number of aliphatic hydroxyl groups is 1. The van der Waals surface area contributed by atoms with Crippen LogP contribution in [0, 0.1) is 5.92 Å². The number of likely N-dealkylation sites (tertiary alicyclic amines) is 2. The first kappa shape index (κ1) is 22.7. The third-order valence-corrected chi connectivity index (χ3v) is 7.61. The van der Waals surface area contributed by atoms with E-state index >= 15 is 0 Å². The van der Waals surface area contributed by atoms with Gasteiger partial charge in [-0.1, -0.05) is 6.07 Å². The number of benzene rings is 1. The van der Waals surface area contributed by atoms with E-state index in [1.807, 2.05) is 24.3 Å². The zero-order valence-electron chi connectivity index (χ0n) is 19.8. The molecular weight excluding hydrogens is 416 g/mol. The number of carbonyl (C=O) groups is 1. The van der Waals surface area contributed by atoms with E-state index in [1.165, 1.54) is 12.8 Å². The van der Waals surface area contributed by atoms with Gasteiger partial charge in [0.15, 0.2) is 0 Å². The Hall–Kier alpha value is -2.09. The third kappa shape index (κ3) is 5.70. The summed E-state index contributed by atoms with van der Waals surface area (Å²) < 4.78 is 6.01. The van der Waals surface area contributed by atoms with Gasteiger partial charge >= 0.3 is 0 Å². The first-order valence-electron chi connectivity index (χ1n) is 12.7. The average molecular weight is 455 g/mol. The maximum absolute atomic E-state index is 12.9. The van der Waals surface area contributed by atoms with Gasteiger partial charge in [0.05, 0.1) is 12.7 Å². The van der Waals surface area contributed by atoms with Crippen LogP contribution in [0.25, 0.3) is 10.9 Å². The number of aromatic nitrogens is 1. The van der Waals surface area contributed by atoms with Crippen molar-refractivity contribution in [2.45, 2.75) is 63.6 Å². The number of ether oxygens (including phenoxy) is 1. The predicted octanol–water partition coefficient (Wildman–Crippen LogP) is 3.00. The number of aromatic amines is 1. The van der Waals surface area contributed by atoms with Crippen LogP contribution in [0.15, 0.2) is 24.3 Å². The molecule has 0 radical (unpaired) electrons. The van der Waals surface area contributed by atoms with Crippen LogP contribution in [-0.4, -0.2) is 83.3 Å². The zero-order chi connectivity index (χ0) is 22.8. The molecule has 5 rings (SSSR count). The highest BCUT2D eigenvalue weighted by atomic mass is 16.5. The maximum atomic E-state index is 12.9. The van der Waals surface area contributed by atoms with Gasteiger partial charge in [0, 0.05) is 55.7 Å². The van der Waals surface area contributed by atoms with Crippen LogP contribution in [-0.2, 0) is 0 Å². The molecule has 3 aliphatic rings. The number of nitrogens with zero attached hydrogens (tertiary/aromatic N) is 2. The monoisotopic (exact) mass is 454 g/mol. The van der Waals surface area contributed by atoms with E-state index in [9.17, 15) is 9.90 Å². The predicted molar refractivity (Wildman–Crippen MR) is 130 cm³/mol. The topological polar surface area (TPSA) is 80.8 Å². The summed E-state index contributed by atoms with van der Waals surface area (Å²) in [6.07, 6.45) is 6.14. The molecular formula is C26H38N4O3. The molecule has 3 fully saturated rings. The largest absolute Gasteiger partial charge is 0.493 e. The molecule has 2 aromatic rings. The number of H-pyrrole nitrogens is 1. The van der Waals surface area contributed by atoms with E-state index in [0.29, 0.717) is 17.7 Å². The Morgan fingerprint density at radius 2 is 1.91 bits per heavy atom. The fraction of sp³-hybridized carbons (Fsp3) is 0.654. The number of aliphatic hydroxyl groups excluding tert-OH is 1. The molecule has 1 amide bonds. The van der Waals surface area contributed by atoms with Crippen LogP contribution in [0.1, 0.15) is 55.9 Å². The van der Waals surface area contributed by atoms with Crippen LogP contribution in [0.3, 0.4) is 0 Å². The van der Waals surface area contributed by atoms with Crippen LogP contribution in [0.2, 0.25) is 0 Å². The van der Waals surface area contributed by atoms with Gasteiger partial charge < -0.3 is 25.0 Å². The summed E-state index contributed by atoms with van der Waals surface area (Å²) in [7, 11) is 0. The van der Waals surface area contributed by atoms with Crippen LogP contribution < -0.4 is 10.1 Å². The molecule has 0 bridgehead atoms. The van der Waals surface area contributed by atoms with Crippen molar-refractivity contribution in [1.29, 1.82) is 0 Å². The highest BCUT2D eigenvalue weighted by molar-refractivity contribution is 5.99. The summed E-state index contributed by atoms with van der Waals surface area (Å²) in [6.45, 7) is 8.13. The fourth-order valence-corrected chi connectivity index (χ4v) is 5.21. The molecule has 7 heteroatoms. The van der Waals surface area contributed by atoms with Crippen LogP contribution in [0.4, 0.5) is 0 Å². The quantitative estimate of drug-likeness (QED) is 0.571. The smallest absolute Gasteiger partial charge is 0.267 e. The van der Waals surface area contributed by atoms with Crippen LogP contribution in [0.5, 0.6) is 5.75 Å². The minimum atomic E-state index is -0.119. The van der Waals surface area contributed by atoms with Crippen molar-refractivity contribution in [2.75, 3.05) is 39.3 Å². The van der Waals surface area contributed by atoms with Gasteiger partial charge in [-0.25, -0.2) is 0 Å². The molecule has 1 aromatic carbocycles. The highest BCUT2D eigenvalue weighted by Gasteiger charge is 2.27. The lowest BCUT2D eigenvalue weighted by Gasteiger charge is -2.39. The molecule has 0 spiro atoms. The van der Waals surface area contributed by atoms with Crippen LogP contribution >= 0.6 is 0 Å². The summed E-state index contributed by atoms with van der Waals surface area (Å²) in [5.41, 5.74) is 1.55. The molecule has 1 aliphatic carbocycles. The van der Waals surface area contributed by atoms with Gasteiger partial charge in [-0.3, -0.25) is 9.69 Å². The standard InChI is InChI=1S/C26H38N4O3/c1-18(30-13-9-21(31)10-14-30)16-29-11-7-20(8-12-29)27-26(32)24-15-22-23(28-24)3-2-4-25(22)33-17-19-5-6-19/h2-4,15,18-21,28,31H,5-14,16-17H2,1H3,(H,27,32)/t18-/m0/s1. The molecule has 1 saturated carbocycles. The Balaban J connectivity index is 1.11. The van der Waals surface area contributed by atoms with Gasteiger partial charge in [0.2, 0.25) is 0 Å². The Labute approximate surface area is 196 Å². The summed E-state index contributed by atoms with van der Waals surface area (Å²) in [4.78, 5) is 21.2. The molecule has 1 atom stereocenters. The Bertz CT molecular complexity index is 940. The van der Waals surface area contributed by atoms with Gasteiger partial charge in [0.25, 0.3) is 5.91 Å². The number of piperidine rings is 2. The molecule has 180 valence electrons. The molecule has 3 N–H and O–H groups in total. The first-order chi connectivity index (χ1) is 16.0. The minimum Gasteiger partial charge on any atom is -0.493 e. The maximum Gasteiger partial charge on any atom is 0.267 e. The van der Waals surface area contributed by atoms with E-state index in [-0.39, 0.29) is 18.1 Å². The number of fused-ring (bicyclic) bond motifs is 1. The van der Waals surface area contributed by atoms with E-state index in [2.05, 4.69) is 27.0 Å². The van der Waals surface area contributed by atoms with Crippen molar-refractivity contribution in [1.82, 2.24) is 20.1 Å². The number of rotatable bonds is 8. The fourth-order valence-electron chi connectivity index (χ4n) is 5.21. The lowest BCUT2D eigenvalue weighted by Crippen LogP contribution is -2.50. The highest BCUT2D eigenvalue weighted by Crippen LogP contribution is 2.32. The van der Waals surface area contributed by atoms with Crippen molar-refractivity contribution in [3.05, 3.63) is 30.0 Å². The van der Waals surface area contributed by atoms with E-state index in [1.54, 1.807) is 0 Å². The van der Waals surface area contributed by atoms with Gasteiger partial charge in [-0.2, -0.15) is 0 Å². The molecule has 3 heterocycles. The van der Waals surface area contributed by atoms with Crippen molar-refractivity contribution in [2.24, 2.45) is 5.92 Å². The van der Waals surface area contributed by atoms with E-state index in [0.717, 1.165) is 81.7 Å². The van der Waals surface area contributed by atoms with Gasteiger partial charge in [0.1, 0.15) is 11.4 Å². The molecule has 2 saturated heterocycles. The number of amides is 1. The average Bonchev–Trinajstić information content (AvgIpc) is 3.54. The second kappa shape index (κ2) is 10.0. The molecule has 1 aromatic heterocycles. The Morgan fingerprint density at radius 1 is 1.15 bits per heavy atom.